The second-order valence-electron chi connectivity index (χ2n) is 6.50. The van der Waals surface area contributed by atoms with Crippen LogP contribution in [0, 0.1) is 5.41 Å². The highest BCUT2D eigenvalue weighted by Crippen LogP contribution is 2.35. The van der Waals surface area contributed by atoms with Crippen LogP contribution in [-0.2, 0) is 21.7 Å². The Hall–Kier alpha value is -1.22. The molecule has 0 N–H and O–H groups in total. The summed E-state index contributed by atoms with van der Waals surface area (Å²) in [6, 6.07) is 1.34. The number of benzene rings is 1. The van der Waals surface area contributed by atoms with Gasteiger partial charge in [-0.05, 0) is 16.9 Å². The summed E-state index contributed by atoms with van der Waals surface area (Å²) in [5.41, 5.74) is -3.40. The van der Waals surface area contributed by atoms with Crippen LogP contribution in [-0.4, -0.2) is 19.8 Å². The lowest BCUT2D eigenvalue weighted by molar-refractivity contribution is -0.142. The van der Waals surface area contributed by atoms with Gasteiger partial charge in [0.15, 0.2) is 0 Å². The van der Waals surface area contributed by atoms with Crippen LogP contribution >= 0.6 is 0 Å². The van der Waals surface area contributed by atoms with Crippen LogP contribution in [0.25, 0.3) is 0 Å². The fourth-order valence-electron chi connectivity index (χ4n) is 2.15. The standard InChI is InChI=1S/C14H15BF6O2/c1-12(2,3)11-7-22-15(23-11)10-5-8(13(16,17)18)4-9(6-10)14(19,20)21/h4-6,11H,7H2,1-3H3. The summed E-state index contributed by atoms with van der Waals surface area (Å²) in [7, 11) is -1.25. The molecule has 23 heavy (non-hydrogen) atoms. The zero-order valence-electron chi connectivity index (χ0n) is 12.7. The first kappa shape index (κ1) is 18.1. The average molecular weight is 340 g/mol. The third kappa shape index (κ3) is 4.20. The predicted molar refractivity (Wildman–Crippen MR) is 72.1 cm³/mol. The van der Waals surface area contributed by atoms with Gasteiger partial charge in [0.1, 0.15) is 0 Å². The molecule has 1 saturated heterocycles. The van der Waals surface area contributed by atoms with Crippen molar-refractivity contribution < 1.29 is 35.7 Å². The van der Waals surface area contributed by atoms with Crippen molar-refractivity contribution >= 4 is 12.6 Å². The van der Waals surface area contributed by atoms with E-state index in [9.17, 15) is 26.3 Å². The van der Waals surface area contributed by atoms with Crippen molar-refractivity contribution in [2.75, 3.05) is 6.61 Å². The quantitative estimate of drug-likeness (QED) is 0.571. The van der Waals surface area contributed by atoms with Crippen LogP contribution in [0.4, 0.5) is 26.3 Å². The Morgan fingerprint density at radius 1 is 0.913 bits per heavy atom. The molecule has 1 aliphatic heterocycles. The molecule has 0 aromatic heterocycles. The van der Waals surface area contributed by atoms with Crippen molar-refractivity contribution in [3.63, 3.8) is 0 Å². The zero-order chi connectivity index (χ0) is 17.6. The van der Waals surface area contributed by atoms with Crippen LogP contribution in [0.2, 0.25) is 0 Å². The van der Waals surface area contributed by atoms with E-state index in [2.05, 4.69) is 0 Å². The van der Waals surface area contributed by atoms with Gasteiger partial charge < -0.3 is 9.31 Å². The van der Waals surface area contributed by atoms with E-state index in [-0.39, 0.29) is 23.6 Å². The minimum absolute atomic E-state index is 0.0830. The Kier molecular flexibility index (Phi) is 4.49. The van der Waals surface area contributed by atoms with Gasteiger partial charge in [-0.3, -0.25) is 0 Å². The Labute approximate surface area is 129 Å². The van der Waals surface area contributed by atoms with E-state index in [1.165, 1.54) is 0 Å². The highest BCUT2D eigenvalue weighted by molar-refractivity contribution is 6.61. The highest BCUT2D eigenvalue weighted by Gasteiger charge is 2.42. The Morgan fingerprint density at radius 3 is 1.74 bits per heavy atom. The largest absolute Gasteiger partial charge is 0.494 e. The molecule has 0 saturated carbocycles. The Morgan fingerprint density at radius 2 is 1.39 bits per heavy atom. The third-order valence-electron chi connectivity index (χ3n) is 3.53. The molecule has 2 rings (SSSR count). The molecule has 0 bridgehead atoms. The van der Waals surface area contributed by atoms with Crippen molar-refractivity contribution in [2.24, 2.45) is 5.41 Å². The summed E-state index contributed by atoms with van der Waals surface area (Å²) in [5, 5.41) is 0. The summed E-state index contributed by atoms with van der Waals surface area (Å²) >= 11 is 0. The van der Waals surface area contributed by atoms with Gasteiger partial charge in [-0.25, -0.2) is 0 Å². The molecule has 0 aliphatic carbocycles. The molecule has 0 amide bonds. The number of rotatable bonds is 1. The number of halogens is 6. The van der Waals surface area contributed by atoms with Gasteiger partial charge in [0.25, 0.3) is 0 Å². The second kappa shape index (κ2) is 5.70. The average Bonchev–Trinajstić information content (AvgIpc) is 2.85. The van der Waals surface area contributed by atoms with Crippen molar-refractivity contribution in [1.82, 2.24) is 0 Å². The first-order valence-corrected chi connectivity index (χ1v) is 6.85. The SMILES string of the molecule is CC(C)(C)C1COB(c2cc(C(F)(F)F)cc(C(F)(F)F)c2)O1. The van der Waals surface area contributed by atoms with Gasteiger partial charge in [0.05, 0.1) is 23.8 Å². The molecular formula is C14H15BF6O2. The van der Waals surface area contributed by atoms with Gasteiger partial charge in [-0.1, -0.05) is 32.9 Å². The molecule has 1 heterocycles. The van der Waals surface area contributed by atoms with Gasteiger partial charge >= 0.3 is 19.5 Å². The molecule has 0 spiro atoms. The fraction of sp³-hybridized carbons (Fsp3) is 0.571. The lowest BCUT2D eigenvalue weighted by Gasteiger charge is -2.25. The van der Waals surface area contributed by atoms with Crippen LogP contribution in [0.5, 0.6) is 0 Å². The molecule has 128 valence electrons. The molecule has 0 radical (unpaired) electrons. The normalized spacial score (nSPS) is 20.2. The zero-order valence-corrected chi connectivity index (χ0v) is 12.7. The molecule has 1 aromatic rings. The van der Waals surface area contributed by atoms with Crippen molar-refractivity contribution in [2.45, 2.75) is 39.2 Å². The molecule has 9 heteroatoms. The molecule has 1 unspecified atom stereocenters. The van der Waals surface area contributed by atoms with Crippen molar-refractivity contribution in [3.8, 4) is 0 Å². The minimum atomic E-state index is -4.89. The number of alkyl halides is 6. The topological polar surface area (TPSA) is 18.5 Å². The molecular weight excluding hydrogens is 325 g/mol. The number of hydrogen-bond donors (Lipinski definition) is 0. The van der Waals surface area contributed by atoms with Gasteiger partial charge in [0.2, 0.25) is 0 Å². The summed E-state index contributed by atoms with van der Waals surface area (Å²) in [5.74, 6) is 0. The van der Waals surface area contributed by atoms with Gasteiger partial charge in [-0.15, -0.1) is 0 Å². The maximum Gasteiger partial charge on any atom is 0.494 e. The lowest BCUT2D eigenvalue weighted by atomic mass is 9.77. The van der Waals surface area contributed by atoms with Crippen molar-refractivity contribution in [3.05, 3.63) is 29.3 Å². The minimum Gasteiger partial charge on any atom is -0.405 e. The van der Waals surface area contributed by atoms with Gasteiger partial charge in [0, 0.05) is 0 Å². The summed E-state index contributed by atoms with van der Waals surface area (Å²) < 4.78 is 87.8. The van der Waals surface area contributed by atoms with E-state index in [1.807, 2.05) is 20.8 Å². The Bertz CT molecular complexity index is 544. The molecule has 1 fully saturated rings. The van der Waals surface area contributed by atoms with E-state index >= 15 is 0 Å². The predicted octanol–water partition coefficient (Wildman–Crippen LogP) is 3.88. The number of hydrogen-bond acceptors (Lipinski definition) is 2. The van der Waals surface area contributed by atoms with E-state index in [1.54, 1.807) is 0 Å². The first-order chi connectivity index (χ1) is 10.3. The van der Waals surface area contributed by atoms with Crippen LogP contribution < -0.4 is 5.46 Å². The smallest absolute Gasteiger partial charge is 0.405 e. The maximum atomic E-state index is 12.8. The lowest BCUT2D eigenvalue weighted by Crippen LogP contribution is -2.36. The van der Waals surface area contributed by atoms with E-state index in [0.717, 1.165) is 0 Å². The van der Waals surface area contributed by atoms with E-state index in [0.29, 0.717) is 12.1 Å². The third-order valence-corrected chi connectivity index (χ3v) is 3.53. The summed E-state index contributed by atoms with van der Waals surface area (Å²) in [6.45, 7) is 5.63. The highest BCUT2D eigenvalue weighted by atomic mass is 19.4. The fourth-order valence-corrected chi connectivity index (χ4v) is 2.15. The maximum absolute atomic E-state index is 12.8. The molecule has 1 atom stereocenters. The van der Waals surface area contributed by atoms with E-state index < -0.39 is 36.7 Å². The molecule has 1 aromatic carbocycles. The van der Waals surface area contributed by atoms with Crippen LogP contribution in [0.15, 0.2) is 18.2 Å². The van der Waals surface area contributed by atoms with Crippen LogP contribution in [0.3, 0.4) is 0 Å². The molecule has 2 nitrogen and oxygen atoms in total. The first-order valence-electron chi connectivity index (χ1n) is 6.85. The van der Waals surface area contributed by atoms with Crippen LogP contribution in [0.1, 0.15) is 31.9 Å². The monoisotopic (exact) mass is 340 g/mol. The summed E-state index contributed by atoms with van der Waals surface area (Å²) in [4.78, 5) is 0. The van der Waals surface area contributed by atoms with E-state index in [4.69, 9.17) is 9.31 Å². The Balaban J connectivity index is 2.39. The second-order valence-corrected chi connectivity index (χ2v) is 6.50. The van der Waals surface area contributed by atoms with Crippen molar-refractivity contribution in [1.29, 1.82) is 0 Å². The van der Waals surface area contributed by atoms with Gasteiger partial charge in [-0.2, -0.15) is 26.3 Å². The molecule has 1 aliphatic rings. The summed E-state index contributed by atoms with van der Waals surface area (Å²) in [6.07, 6.45) is -10.2.